The Bertz CT molecular complexity index is 594. The lowest BCUT2D eigenvalue weighted by Gasteiger charge is -2.17. The van der Waals surface area contributed by atoms with Gasteiger partial charge in [-0.05, 0) is 24.7 Å². The largest absolute Gasteiger partial charge is 0.372 e. The standard InChI is InChI=1S/C14H22N6O/c1-5-6-7-12-11(10-14(2,3)4)16-18-20(12)13(21)19-9-8-15-17-19/h8-9H,5-7,10H2,1-4H3. The lowest BCUT2D eigenvalue weighted by atomic mass is 9.89. The van der Waals surface area contributed by atoms with Crippen LogP contribution < -0.4 is 0 Å². The van der Waals surface area contributed by atoms with Crippen LogP contribution in [0.2, 0.25) is 0 Å². The van der Waals surface area contributed by atoms with Crippen molar-refractivity contribution in [3.63, 3.8) is 0 Å². The van der Waals surface area contributed by atoms with E-state index in [1.165, 1.54) is 21.8 Å². The average molecular weight is 290 g/mol. The lowest BCUT2D eigenvalue weighted by Crippen LogP contribution is -2.24. The molecule has 2 rings (SSSR count). The number of hydrogen-bond donors (Lipinski definition) is 0. The molecule has 0 saturated carbocycles. The summed E-state index contributed by atoms with van der Waals surface area (Å²) in [4.78, 5) is 12.4. The van der Waals surface area contributed by atoms with Crippen LogP contribution in [0.5, 0.6) is 0 Å². The Morgan fingerprint density at radius 1 is 1.29 bits per heavy atom. The number of aromatic nitrogens is 6. The van der Waals surface area contributed by atoms with Crippen LogP contribution in [0, 0.1) is 5.41 Å². The van der Waals surface area contributed by atoms with Crippen molar-refractivity contribution in [2.24, 2.45) is 5.41 Å². The van der Waals surface area contributed by atoms with Crippen LogP contribution in [0.1, 0.15) is 51.9 Å². The minimum atomic E-state index is -0.341. The van der Waals surface area contributed by atoms with Gasteiger partial charge in [0.25, 0.3) is 0 Å². The molecule has 2 aromatic rings. The summed E-state index contributed by atoms with van der Waals surface area (Å²) < 4.78 is 2.52. The summed E-state index contributed by atoms with van der Waals surface area (Å²) in [7, 11) is 0. The van der Waals surface area contributed by atoms with E-state index in [0.717, 1.165) is 37.1 Å². The summed E-state index contributed by atoms with van der Waals surface area (Å²) in [6, 6.07) is -0.341. The van der Waals surface area contributed by atoms with E-state index >= 15 is 0 Å². The molecule has 0 atom stereocenters. The second-order valence-electron chi connectivity index (χ2n) is 6.37. The minimum Gasteiger partial charge on any atom is -0.243 e. The van der Waals surface area contributed by atoms with Crippen molar-refractivity contribution in [3.8, 4) is 0 Å². The number of unbranched alkanes of at least 4 members (excludes halogenated alkanes) is 1. The molecule has 0 amide bonds. The van der Waals surface area contributed by atoms with Gasteiger partial charge in [-0.1, -0.05) is 44.5 Å². The van der Waals surface area contributed by atoms with Gasteiger partial charge in [-0.2, -0.15) is 9.36 Å². The van der Waals surface area contributed by atoms with Crippen molar-refractivity contribution < 1.29 is 4.79 Å². The van der Waals surface area contributed by atoms with E-state index in [1.54, 1.807) is 0 Å². The molecule has 0 unspecified atom stereocenters. The molecule has 0 radical (unpaired) electrons. The Balaban J connectivity index is 2.34. The fourth-order valence-corrected chi connectivity index (χ4v) is 2.13. The molecule has 2 heterocycles. The topological polar surface area (TPSA) is 78.5 Å². The molecule has 0 aliphatic carbocycles. The molecule has 7 nitrogen and oxygen atoms in total. The maximum atomic E-state index is 12.4. The molecule has 7 heteroatoms. The molecule has 21 heavy (non-hydrogen) atoms. The monoisotopic (exact) mass is 290 g/mol. The second kappa shape index (κ2) is 6.15. The molecule has 2 aromatic heterocycles. The summed E-state index contributed by atoms with van der Waals surface area (Å²) in [6.45, 7) is 8.56. The molecule has 114 valence electrons. The normalized spacial score (nSPS) is 11.8. The van der Waals surface area contributed by atoms with Crippen LogP contribution >= 0.6 is 0 Å². The predicted molar refractivity (Wildman–Crippen MR) is 78.0 cm³/mol. The van der Waals surface area contributed by atoms with E-state index in [1.807, 2.05) is 0 Å². The highest BCUT2D eigenvalue weighted by molar-refractivity contribution is 5.77. The van der Waals surface area contributed by atoms with Crippen molar-refractivity contribution in [3.05, 3.63) is 23.8 Å². The summed E-state index contributed by atoms with van der Waals surface area (Å²) in [5.41, 5.74) is 1.87. The minimum absolute atomic E-state index is 0.0954. The van der Waals surface area contributed by atoms with Gasteiger partial charge in [-0.25, -0.2) is 4.79 Å². The molecule has 0 N–H and O–H groups in total. The van der Waals surface area contributed by atoms with Crippen molar-refractivity contribution in [2.75, 3.05) is 0 Å². The van der Waals surface area contributed by atoms with E-state index in [0.29, 0.717) is 0 Å². The van der Waals surface area contributed by atoms with Gasteiger partial charge < -0.3 is 0 Å². The van der Waals surface area contributed by atoms with Crippen LogP contribution in [0.25, 0.3) is 0 Å². The Labute approximate surface area is 124 Å². The maximum Gasteiger partial charge on any atom is 0.372 e. The van der Waals surface area contributed by atoms with Gasteiger partial charge in [-0.15, -0.1) is 10.2 Å². The molecule has 0 aromatic carbocycles. The zero-order chi connectivity index (χ0) is 15.5. The Kier molecular flexibility index (Phi) is 4.50. The fourth-order valence-electron chi connectivity index (χ4n) is 2.13. The predicted octanol–water partition coefficient (Wildman–Crippen LogP) is 2.32. The van der Waals surface area contributed by atoms with Crippen molar-refractivity contribution in [1.82, 2.24) is 30.0 Å². The third-order valence-electron chi connectivity index (χ3n) is 3.11. The molecular weight excluding hydrogens is 268 g/mol. The summed E-state index contributed by atoms with van der Waals surface area (Å²) in [5, 5.41) is 15.6. The van der Waals surface area contributed by atoms with Gasteiger partial charge in [0.1, 0.15) is 0 Å². The molecule has 0 fully saturated rings. The fraction of sp³-hybridized carbons (Fsp3) is 0.643. The van der Waals surface area contributed by atoms with Crippen LogP contribution in [-0.4, -0.2) is 36.0 Å². The van der Waals surface area contributed by atoms with Gasteiger partial charge in [0.05, 0.1) is 23.8 Å². The SMILES string of the molecule is CCCCc1c(CC(C)(C)C)nnn1C(=O)n1ccnn1. The van der Waals surface area contributed by atoms with Crippen molar-refractivity contribution in [2.45, 2.75) is 53.4 Å². The number of carbonyl (C=O) groups is 1. The highest BCUT2D eigenvalue weighted by Gasteiger charge is 2.23. The van der Waals surface area contributed by atoms with E-state index in [4.69, 9.17) is 0 Å². The Morgan fingerprint density at radius 2 is 2.05 bits per heavy atom. The first-order valence-corrected chi connectivity index (χ1v) is 7.27. The van der Waals surface area contributed by atoms with E-state index in [9.17, 15) is 4.79 Å². The second-order valence-corrected chi connectivity index (χ2v) is 6.37. The maximum absolute atomic E-state index is 12.4. The number of hydrogen-bond acceptors (Lipinski definition) is 5. The van der Waals surface area contributed by atoms with E-state index in [-0.39, 0.29) is 11.4 Å². The highest BCUT2D eigenvalue weighted by Crippen LogP contribution is 2.22. The molecule has 0 aliphatic heterocycles. The number of carbonyl (C=O) groups excluding carboxylic acids is 1. The zero-order valence-electron chi connectivity index (χ0n) is 13.1. The van der Waals surface area contributed by atoms with Gasteiger partial charge in [0, 0.05) is 0 Å². The molecule has 0 aliphatic rings. The Morgan fingerprint density at radius 3 is 2.62 bits per heavy atom. The summed E-state index contributed by atoms with van der Waals surface area (Å²) in [5.74, 6) is 0. The summed E-state index contributed by atoms with van der Waals surface area (Å²) >= 11 is 0. The first-order valence-electron chi connectivity index (χ1n) is 7.27. The third-order valence-corrected chi connectivity index (χ3v) is 3.11. The number of nitrogens with zero attached hydrogens (tertiary/aromatic N) is 6. The van der Waals surface area contributed by atoms with Gasteiger partial charge in [0.15, 0.2) is 0 Å². The summed E-state index contributed by atoms with van der Waals surface area (Å²) in [6.07, 6.45) is 6.60. The Hall–Kier alpha value is -2.05. The van der Waals surface area contributed by atoms with Crippen molar-refractivity contribution in [1.29, 1.82) is 0 Å². The third kappa shape index (κ3) is 3.74. The molecule has 0 saturated heterocycles. The lowest BCUT2D eigenvalue weighted by molar-refractivity contribution is 0.236. The van der Waals surface area contributed by atoms with Crippen LogP contribution in [0.4, 0.5) is 4.79 Å². The van der Waals surface area contributed by atoms with Gasteiger partial charge in [-0.3, -0.25) is 0 Å². The van der Waals surface area contributed by atoms with Gasteiger partial charge >= 0.3 is 6.03 Å². The molecular formula is C14H22N6O. The first-order chi connectivity index (χ1) is 9.92. The van der Waals surface area contributed by atoms with Gasteiger partial charge in [0.2, 0.25) is 0 Å². The van der Waals surface area contributed by atoms with E-state index < -0.39 is 0 Å². The molecule has 0 bridgehead atoms. The quantitative estimate of drug-likeness (QED) is 0.863. The van der Waals surface area contributed by atoms with Crippen LogP contribution in [0.15, 0.2) is 12.4 Å². The molecule has 0 spiro atoms. The van der Waals surface area contributed by atoms with Crippen LogP contribution in [0.3, 0.4) is 0 Å². The number of rotatable bonds is 4. The smallest absolute Gasteiger partial charge is 0.243 e. The van der Waals surface area contributed by atoms with Crippen molar-refractivity contribution >= 4 is 6.03 Å². The average Bonchev–Trinajstić information content (AvgIpc) is 3.03. The highest BCUT2D eigenvalue weighted by atomic mass is 16.2. The van der Waals surface area contributed by atoms with E-state index in [2.05, 4.69) is 48.3 Å². The van der Waals surface area contributed by atoms with Crippen LogP contribution in [-0.2, 0) is 12.8 Å². The first kappa shape index (κ1) is 15.3. The zero-order valence-corrected chi connectivity index (χ0v) is 13.1.